The van der Waals surface area contributed by atoms with Gasteiger partial charge in [-0.3, -0.25) is 9.59 Å². The highest BCUT2D eigenvalue weighted by atomic mass is 16.5. The van der Waals surface area contributed by atoms with E-state index < -0.39 is 11.6 Å². The Labute approximate surface area is 207 Å². The molecule has 0 aromatic heterocycles. The molecular weight excluding hydrogens is 440 g/mol. The summed E-state index contributed by atoms with van der Waals surface area (Å²) in [5, 5.41) is 3.06. The number of rotatable bonds is 10. The van der Waals surface area contributed by atoms with Crippen molar-refractivity contribution in [2.45, 2.75) is 45.3 Å². The van der Waals surface area contributed by atoms with Gasteiger partial charge in [0.25, 0.3) is 5.91 Å². The lowest BCUT2D eigenvalue weighted by atomic mass is 10.0. The van der Waals surface area contributed by atoms with Crippen molar-refractivity contribution < 1.29 is 19.1 Å². The average molecular weight is 475 g/mol. The molecular formula is C29H34N2O4. The van der Waals surface area contributed by atoms with Crippen LogP contribution < -0.4 is 14.8 Å². The summed E-state index contributed by atoms with van der Waals surface area (Å²) in [6.07, 6.45) is 0.393. The van der Waals surface area contributed by atoms with Crippen LogP contribution in [0.4, 0.5) is 0 Å². The first-order valence-corrected chi connectivity index (χ1v) is 11.7. The molecule has 3 rings (SSSR count). The molecule has 0 fully saturated rings. The van der Waals surface area contributed by atoms with Gasteiger partial charge in [-0.05, 0) is 56.2 Å². The van der Waals surface area contributed by atoms with E-state index >= 15 is 0 Å². The molecule has 3 aromatic rings. The third-order valence-electron chi connectivity index (χ3n) is 5.39. The van der Waals surface area contributed by atoms with Crippen molar-refractivity contribution in [1.29, 1.82) is 0 Å². The minimum absolute atomic E-state index is 0.187. The van der Waals surface area contributed by atoms with Crippen LogP contribution in [0.25, 0.3) is 0 Å². The maximum absolute atomic E-state index is 13.5. The number of hydrogen-bond donors (Lipinski definition) is 1. The van der Waals surface area contributed by atoms with E-state index in [2.05, 4.69) is 5.32 Å². The summed E-state index contributed by atoms with van der Waals surface area (Å²) in [5.41, 5.74) is 1.47. The first-order chi connectivity index (χ1) is 16.7. The Balaban J connectivity index is 1.88. The Morgan fingerprint density at radius 2 is 1.37 bits per heavy atom. The van der Waals surface area contributed by atoms with Crippen LogP contribution in [0.5, 0.6) is 11.5 Å². The number of amides is 2. The molecule has 6 nitrogen and oxygen atoms in total. The second kappa shape index (κ2) is 12.1. The van der Waals surface area contributed by atoms with Crippen LogP contribution in [-0.2, 0) is 22.6 Å². The minimum Gasteiger partial charge on any atom is -0.497 e. The van der Waals surface area contributed by atoms with Crippen LogP contribution in [0.3, 0.4) is 0 Å². The predicted octanol–water partition coefficient (Wildman–Crippen LogP) is 4.63. The molecule has 6 heteroatoms. The summed E-state index contributed by atoms with van der Waals surface area (Å²) >= 11 is 0. The Morgan fingerprint density at radius 3 is 1.91 bits per heavy atom. The van der Waals surface area contributed by atoms with E-state index in [9.17, 15) is 9.59 Å². The molecule has 0 aliphatic carbocycles. The highest BCUT2D eigenvalue weighted by Gasteiger charge is 2.32. The Kier molecular flexibility index (Phi) is 8.90. The zero-order chi connectivity index (χ0) is 25.3. The van der Waals surface area contributed by atoms with Gasteiger partial charge in [0.05, 0.1) is 7.11 Å². The molecule has 0 saturated carbocycles. The summed E-state index contributed by atoms with van der Waals surface area (Å²) < 4.78 is 11.0. The Hall–Kier alpha value is -3.80. The van der Waals surface area contributed by atoms with Crippen LogP contribution in [-0.4, -0.2) is 42.0 Å². The van der Waals surface area contributed by atoms with E-state index in [-0.39, 0.29) is 18.4 Å². The lowest BCUT2D eigenvalue weighted by Gasteiger charge is -2.33. The number of carbonyl (C=O) groups excluding carboxylic acids is 2. The third-order valence-corrected chi connectivity index (χ3v) is 5.39. The average Bonchev–Trinajstić information content (AvgIpc) is 2.85. The summed E-state index contributed by atoms with van der Waals surface area (Å²) in [6.45, 7) is 5.90. The van der Waals surface area contributed by atoms with E-state index in [1.165, 1.54) is 0 Å². The molecule has 1 atom stereocenters. The first-order valence-electron chi connectivity index (χ1n) is 11.7. The highest BCUT2D eigenvalue weighted by molar-refractivity contribution is 5.89. The van der Waals surface area contributed by atoms with E-state index in [1.807, 2.05) is 81.4 Å². The van der Waals surface area contributed by atoms with Gasteiger partial charge < -0.3 is 19.7 Å². The van der Waals surface area contributed by atoms with Gasteiger partial charge in [-0.2, -0.15) is 0 Å². The third kappa shape index (κ3) is 8.18. The van der Waals surface area contributed by atoms with Gasteiger partial charge in [-0.1, -0.05) is 60.7 Å². The molecule has 35 heavy (non-hydrogen) atoms. The van der Waals surface area contributed by atoms with Gasteiger partial charge in [-0.15, -0.1) is 0 Å². The van der Waals surface area contributed by atoms with Gasteiger partial charge in [-0.25, -0.2) is 0 Å². The molecule has 184 valence electrons. The first kappa shape index (κ1) is 25.8. The molecule has 1 unspecified atom stereocenters. The number of methoxy groups -OCH3 is 1. The fourth-order valence-corrected chi connectivity index (χ4v) is 3.69. The summed E-state index contributed by atoms with van der Waals surface area (Å²) in [4.78, 5) is 28.6. The smallest absolute Gasteiger partial charge is 0.261 e. The zero-order valence-electron chi connectivity index (χ0n) is 20.9. The standard InChI is InChI=1S/C29H34N2O4/c1-29(2,3)30-28(33)26(19-22-11-7-5-8-12-22)31(20-23-13-9-6-10-14-23)27(32)21-35-25-17-15-24(34-4)16-18-25/h5-18,26H,19-21H2,1-4H3,(H,30,33). The van der Waals surface area contributed by atoms with E-state index in [0.717, 1.165) is 11.1 Å². The molecule has 0 saturated heterocycles. The number of nitrogens with one attached hydrogen (secondary N) is 1. The monoisotopic (exact) mass is 474 g/mol. The Bertz CT molecular complexity index is 1080. The number of carbonyl (C=O) groups is 2. The van der Waals surface area contributed by atoms with E-state index in [4.69, 9.17) is 9.47 Å². The lowest BCUT2D eigenvalue weighted by Crippen LogP contribution is -2.55. The summed E-state index contributed by atoms with van der Waals surface area (Å²) in [6, 6.07) is 25.8. The molecule has 0 aliphatic heterocycles. The van der Waals surface area contributed by atoms with E-state index in [1.54, 1.807) is 36.3 Å². The van der Waals surface area contributed by atoms with Gasteiger partial charge in [0.1, 0.15) is 17.5 Å². The van der Waals surface area contributed by atoms with Crippen LogP contribution in [0, 0.1) is 0 Å². The van der Waals surface area contributed by atoms with Gasteiger partial charge in [0.2, 0.25) is 5.91 Å². The van der Waals surface area contributed by atoms with E-state index in [0.29, 0.717) is 24.5 Å². The van der Waals surface area contributed by atoms with Crippen LogP contribution in [0.2, 0.25) is 0 Å². The topological polar surface area (TPSA) is 67.9 Å². The molecule has 0 radical (unpaired) electrons. The van der Waals surface area contributed by atoms with Crippen LogP contribution in [0.15, 0.2) is 84.9 Å². The number of hydrogen-bond acceptors (Lipinski definition) is 4. The fourth-order valence-electron chi connectivity index (χ4n) is 3.69. The highest BCUT2D eigenvalue weighted by Crippen LogP contribution is 2.19. The van der Waals surface area contributed by atoms with Gasteiger partial charge in [0.15, 0.2) is 6.61 Å². The molecule has 1 N–H and O–H groups in total. The maximum atomic E-state index is 13.5. The molecule has 0 spiro atoms. The SMILES string of the molecule is COc1ccc(OCC(=O)N(Cc2ccccc2)C(Cc2ccccc2)C(=O)NC(C)(C)C)cc1. The van der Waals surface area contributed by atoms with Crippen molar-refractivity contribution in [2.75, 3.05) is 13.7 Å². The number of nitrogens with zero attached hydrogens (tertiary/aromatic N) is 1. The largest absolute Gasteiger partial charge is 0.497 e. The number of benzene rings is 3. The minimum atomic E-state index is -0.705. The quantitative estimate of drug-likeness (QED) is 0.465. The van der Waals surface area contributed by atoms with Crippen molar-refractivity contribution in [2.24, 2.45) is 0 Å². The second-order valence-electron chi connectivity index (χ2n) is 9.42. The van der Waals surface area contributed by atoms with Crippen molar-refractivity contribution in [3.05, 3.63) is 96.1 Å². The second-order valence-corrected chi connectivity index (χ2v) is 9.42. The number of ether oxygens (including phenoxy) is 2. The van der Waals surface area contributed by atoms with Gasteiger partial charge >= 0.3 is 0 Å². The molecule has 0 bridgehead atoms. The zero-order valence-corrected chi connectivity index (χ0v) is 20.9. The predicted molar refractivity (Wildman–Crippen MR) is 137 cm³/mol. The normalized spacial score (nSPS) is 11.9. The maximum Gasteiger partial charge on any atom is 0.261 e. The summed E-state index contributed by atoms with van der Waals surface area (Å²) in [5.74, 6) is 0.790. The summed E-state index contributed by atoms with van der Waals surface area (Å²) in [7, 11) is 1.59. The lowest BCUT2D eigenvalue weighted by molar-refractivity contribution is -0.143. The Morgan fingerprint density at radius 1 is 0.829 bits per heavy atom. The molecule has 0 aliphatic rings. The van der Waals surface area contributed by atoms with Crippen molar-refractivity contribution in [1.82, 2.24) is 10.2 Å². The molecule has 3 aromatic carbocycles. The van der Waals surface area contributed by atoms with Gasteiger partial charge in [0, 0.05) is 18.5 Å². The van der Waals surface area contributed by atoms with Crippen LogP contribution >= 0.6 is 0 Å². The fraction of sp³-hybridized carbons (Fsp3) is 0.310. The molecule has 2 amide bonds. The van der Waals surface area contributed by atoms with Crippen molar-refractivity contribution in [3.63, 3.8) is 0 Å². The van der Waals surface area contributed by atoms with Crippen molar-refractivity contribution >= 4 is 11.8 Å². The molecule has 0 heterocycles. The van der Waals surface area contributed by atoms with Crippen LogP contribution in [0.1, 0.15) is 31.9 Å². The van der Waals surface area contributed by atoms with Crippen molar-refractivity contribution in [3.8, 4) is 11.5 Å².